The molecule has 0 saturated heterocycles. The SMILES string of the molecule is CC(C)CSc1no[n+]([O-])c1-c1ccccc1. The molecule has 2 rings (SSSR count). The van der Waals surface area contributed by atoms with Gasteiger partial charge in [0, 0.05) is 11.3 Å². The predicted octanol–water partition coefficient (Wildman–Crippen LogP) is 2.72. The Balaban J connectivity index is 2.30. The normalized spacial score (nSPS) is 11.0. The number of nitrogens with zero attached hydrogens (tertiary/aromatic N) is 2. The molecule has 0 N–H and O–H groups in total. The molecule has 17 heavy (non-hydrogen) atoms. The van der Waals surface area contributed by atoms with E-state index < -0.39 is 0 Å². The number of hydrogen-bond donors (Lipinski definition) is 0. The van der Waals surface area contributed by atoms with Crippen LogP contribution in [0, 0.1) is 11.1 Å². The van der Waals surface area contributed by atoms with Crippen molar-refractivity contribution in [1.29, 1.82) is 0 Å². The van der Waals surface area contributed by atoms with Crippen LogP contribution in [0.2, 0.25) is 0 Å². The zero-order valence-electron chi connectivity index (χ0n) is 9.79. The second-order valence-corrected chi connectivity index (χ2v) is 5.16. The van der Waals surface area contributed by atoms with E-state index in [0.29, 0.717) is 21.5 Å². The smallest absolute Gasteiger partial charge is 0.282 e. The Morgan fingerprint density at radius 2 is 2.06 bits per heavy atom. The molecule has 0 aliphatic rings. The molecule has 1 aromatic heterocycles. The van der Waals surface area contributed by atoms with Crippen LogP contribution in [0.15, 0.2) is 40.0 Å². The topological polar surface area (TPSA) is 53.0 Å². The van der Waals surface area contributed by atoms with E-state index in [4.69, 9.17) is 0 Å². The van der Waals surface area contributed by atoms with E-state index in [0.717, 1.165) is 11.3 Å². The summed E-state index contributed by atoms with van der Waals surface area (Å²) in [5.74, 6) is 1.45. The fourth-order valence-corrected chi connectivity index (χ4v) is 2.31. The third-order valence-electron chi connectivity index (χ3n) is 2.18. The molecule has 0 atom stereocenters. The second kappa shape index (κ2) is 5.23. The second-order valence-electron chi connectivity index (χ2n) is 4.15. The van der Waals surface area contributed by atoms with Crippen molar-refractivity contribution in [1.82, 2.24) is 5.16 Å². The van der Waals surface area contributed by atoms with Gasteiger partial charge in [-0.25, -0.2) is 0 Å². The minimum atomic E-state index is 0.470. The van der Waals surface area contributed by atoms with E-state index in [2.05, 4.69) is 23.6 Å². The largest absolute Gasteiger partial charge is 0.359 e. The van der Waals surface area contributed by atoms with Crippen molar-refractivity contribution in [2.45, 2.75) is 18.9 Å². The Morgan fingerprint density at radius 1 is 1.35 bits per heavy atom. The third kappa shape index (κ3) is 2.79. The summed E-state index contributed by atoms with van der Waals surface area (Å²) in [6, 6.07) is 9.44. The number of benzene rings is 1. The van der Waals surface area contributed by atoms with Gasteiger partial charge in [-0.05, 0) is 10.8 Å². The van der Waals surface area contributed by atoms with Gasteiger partial charge >= 0.3 is 0 Å². The summed E-state index contributed by atoms with van der Waals surface area (Å²) in [5, 5.41) is 16.0. The summed E-state index contributed by atoms with van der Waals surface area (Å²) in [6.45, 7) is 4.25. The first-order chi connectivity index (χ1) is 8.18. The highest BCUT2D eigenvalue weighted by molar-refractivity contribution is 7.99. The Kier molecular flexibility index (Phi) is 3.68. The summed E-state index contributed by atoms with van der Waals surface area (Å²) in [4.78, 5) is 0.470. The molecule has 0 aliphatic heterocycles. The highest BCUT2D eigenvalue weighted by atomic mass is 32.2. The molecule has 4 nitrogen and oxygen atoms in total. The van der Waals surface area contributed by atoms with Crippen molar-refractivity contribution in [3.63, 3.8) is 0 Å². The van der Waals surface area contributed by atoms with Gasteiger partial charge < -0.3 is 5.21 Å². The fourth-order valence-electron chi connectivity index (χ4n) is 1.40. The van der Waals surface area contributed by atoms with Gasteiger partial charge in [0.05, 0.1) is 5.16 Å². The standard InChI is InChI=1S/C12H14N2O2S/c1-9(2)8-17-12-11(14(15)16-13-12)10-6-4-3-5-7-10/h3-7,9H,8H2,1-2H3. The molecule has 0 spiro atoms. The van der Waals surface area contributed by atoms with Crippen molar-refractivity contribution in [2.24, 2.45) is 5.92 Å². The van der Waals surface area contributed by atoms with Crippen molar-refractivity contribution in [3.8, 4) is 11.3 Å². The third-order valence-corrected chi connectivity index (χ3v) is 3.56. The Hall–Kier alpha value is -1.49. The molecule has 0 unspecified atom stereocenters. The Labute approximate surface area is 104 Å². The number of hydrogen-bond acceptors (Lipinski definition) is 4. The van der Waals surface area contributed by atoms with E-state index in [9.17, 15) is 5.21 Å². The van der Waals surface area contributed by atoms with Crippen LogP contribution in [-0.4, -0.2) is 10.9 Å². The molecule has 0 radical (unpaired) electrons. The molecule has 0 fully saturated rings. The van der Waals surface area contributed by atoms with Gasteiger partial charge in [-0.3, -0.25) is 4.63 Å². The lowest BCUT2D eigenvalue weighted by Crippen LogP contribution is -2.25. The lowest BCUT2D eigenvalue weighted by atomic mass is 10.2. The Bertz CT molecular complexity index is 483. The molecule has 1 heterocycles. The molecular formula is C12H14N2O2S. The molecule has 0 bridgehead atoms. The van der Waals surface area contributed by atoms with Gasteiger partial charge in [-0.1, -0.05) is 55.9 Å². The van der Waals surface area contributed by atoms with E-state index in [1.54, 1.807) is 11.8 Å². The van der Waals surface area contributed by atoms with Crippen LogP contribution in [-0.2, 0) is 0 Å². The fraction of sp³-hybridized carbons (Fsp3) is 0.333. The van der Waals surface area contributed by atoms with E-state index in [-0.39, 0.29) is 0 Å². The quantitative estimate of drug-likeness (QED) is 0.618. The van der Waals surface area contributed by atoms with Crippen molar-refractivity contribution < 1.29 is 9.53 Å². The Morgan fingerprint density at radius 3 is 2.71 bits per heavy atom. The summed E-state index contributed by atoms with van der Waals surface area (Å²) >= 11 is 1.55. The van der Waals surface area contributed by atoms with Crippen LogP contribution < -0.4 is 4.90 Å². The first-order valence-electron chi connectivity index (χ1n) is 5.46. The first kappa shape index (κ1) is 12.0. The maximum absolute atomic E-state index is 11.6. The predicted molar refractivity (Wildman–Crippen MR) is 66.5 cm³/mol. The summed E-state index contributed by atoms with van der Waals surface area (Å²) in [7, 11) is 0. The number of rotatable bonds is 4. The lowest BCUT2D eigenvalue weighted by Gasteiger charge is -2.00. The molecule has 2 aromatic rings. The summed E-state index contributed by atoms with van der Waals surface area (Å²) in [6.07, 6.45) is 0. The van der Waals surface area contributed by atoms with Gasteiger partial charge in [0.2, 0.25) is 5.69 Å². The van der Waals surface area contributed by atoms with E-state index in [1.165, 1.54) is 0 Å². The molecular weight excluding hydrogens is 236 g/mol. The number of aromatic nitrogens is 2. The van der Waals surface area contributed by atoms with Gasteiger partial charge in [0.25, 0.3) is 5.03 Å². The van der Waals surface area contributed by atoms with Crippen molar-refractivity contribution >= 4 is 11.8 Å². The maximum Gasteiger partial charge on any atom is 0.282 e. The molecule has 5 heteroatoms. The molecule has 1 aromatic carbocycles. The van der Waals surface area contributed by atoms with Crippen LogP contribution in [0.1, 0.15) is 13.8 Å². The van der Waals surface area contributed by atoms with Gasteiger partial charge in [0.15, 0.2) is 0 Å². The number of thioether (sulfide) groups is 1. The minimum absolute atomic E-state index is 0.470. The maximum atomic E-state index is 11.6. The first-order valence-corrected chi connectivity index (χ1v) is 6.45. The summed E-state index contributed by atoms with van der Waals surface area (Å²) in [5.41, 5.74) is 1.33. The van der Waals surface area contributed by atoms with E-state index in [1.807, 2.05) is 30.3 Å². The molecule has 0 amide bonds. The molecule has 0 aliphatic carbocycles. The zero-order chi connectivity index (χ0) is 12.3. The minimum Gasteiger partial charge on any atom is -0.359 e. The van der Waals surface area contributed by atoms with Gasteiger partial charge in [-0.15, -0.1) is 0 Å². The van der Waals surface area contributed by atoms with Crippen molar-refractivity contribution in [2.75, 3.05) is 5.75 Å². The zero-order valence-corrected chi connectivity index (χ0v) is 10.6. The van der Waals surface area contributed by atoms with E-state index >= 15 is 0 Å². The molecule has 0 saturated carbocycles. The average molecular weight is 250 g/mol. The highest BCUT2D eigenvalue weighted by Crippen LogP contribution is 2.27. The van der Waals surface area contributed by atoms with Crippen molar-refractivity contribution in [3.05, 3.63) is 35.5 Å². The van der Waals surface area contributed by atoms with Crippen LogP contribution in [0.4, 0.5) is 0 Å². The van der Waals surface area contributed by atoms with Crippen LogP contribution >= 0.6 is 11.8 Å². The van der Waals surface area contributed by atoms with Crippen LogP contribution in [0.3, 0.4) is 0 Å². The van der Waals surface area contributed by atoms with Crippen LogP contribution in [0.25, 0.3) is 11.3 Å². The lowest BCUT2D eigenvalue weighted by molar-refractivity contribution is -0.793. The van der Waals surface area contributed by atoms with Gasteiger partial charge in [-0.2, -0.15) is 0 Å². The molecule has 90 valence electrons. The highest BCUT2D eigenvalue weighted by Gasteiger charge is 2.21. The van der Waals surface area contributed by atoms with Crippen LogP contribution in [0.5, 0.6) is 0 Å². The van der Waals surface area contributed by atoms with Gasteiger partial charge in [0.1, 0.15) is 0 Å². The summed E-state index contributed by atoms with van der Waals surface area (Å²) < 4.78 is 4.67. The average Bonchev–Trinajstić information content (AvgIpc) is 2.69. The monoisotopic (exact) mass is 250 g/mol.